The second-order valence-corrected chi connectivity index (χ2v) is 3.07. The molecular formula is C8H15N3O4. The van der Waals surface area contributed by atoms with Gasteiger partial charge in [0.05, 0.1) is 0 Å². The highest BCUT2D eigenvalue weighted by molar-refractivity contribution is 5.85. The molecule has 0 aliphatic carbocycles. The van der Waals surface area contributed by atoms with Gasteiger partial charge in [0.15, 0.2) is 0 Å². The number of likely N-dealkylation sites (N-methyl/N-ethyl adjacent to an activating group) is 1. The van der Waals surface area contributed by atoms with Crippen molar-refractivity contribution in [3.8, 4) is 0 Å². The van der Waals surface area contributed by atoms with Gasteiger partial charge in [-0.2, -0.15) is 0 Å². The van der Waals surface area contributed by atoms with Crippen LogP contribution in [0.25, 0.3) is 0 Å². The number of carboxylic acid groups (broad SMARTS) is 1. The number of nitrogens with zero attached hydrogens (tertiary/aromatic N) is 1. The fourth-order valence-electron chi connectivity index (χ4n) is 0.903. The molecule has 15 heavy (non-hydrogen) atoms. The summed E-state index contributed by atoms with van der Waals surface area (Å²) in [7, 11) is 1.36. The molecule has 0 radical (unpaired) electrons. The smallest absolute Gasteiger partial charge is 0.326 e. The number of aliphatic carboxylic acids is 1. The van der Waals surface area contributed by atoms with E-state index in [4.69, 9.17) is 10.8 Å². The molecule has 4 N–H and O–H groups in total. The van der Waals surface area contributed by atoms with Gasteiger partial charge in [0, 0.05) is 7.05 Å². The molecule has 1 atom stereocenters. The van der Waals surface area contributed by atoms with E-state index in [0.29, 0.717) is 0 Å². The van der Waals surface area contributed by atoms with Crippen molar-refractivity contribution in [3.05, 3.63) is 0 Å². The minimum Gasteiger partial charge on any atom is -0.480 e. The summed E-state index contributed by atoms with van der Waals surface area (Å²) in [6, 6.07) is -1.59. The Kier molecular flexibility index (Phi) is 5.14. The number of hydrogen-bond donors (Lipinski definition) is 3. The SMILES string of the molecule is CC[C@@H](NC(=O)N(C)CC(N)=O)C(=O)O. The predicted octanol–water partition coefficient (Wildman–Crippen LogP) is -1.02. The number of carboxylic acids is 1. The van der Waals surface area contributed by atoms with Crippen LogP contribution < -0.4 is 11.1 Å². The zero-order chi connectivity index (χ0) is 12.0. The minimum absolute atomic E-state index is 0.248. The number of primary amides is 1. The van der Waals surface area contributed by atoms with E-state index in [1.54, 1.807) is 6.92 Å². The fraction of sp³-hybridized carbons (Fsp3) is 0.625. The minimum atomic E-state index is -1.11. The summed E-state index contributed by atoms with van der Waals surface area (Å²) in [5.74, 6) is -1.77. The number of carbonyl (C=O) groups excluding carboxylic acids is 2. The van der Waals surface area contributed by atoms with E-state index in [1.165, 1.54) is 7.05 Å². The summed E-state index contributed by atoms with van der Waals surface area (Å²) in [5.41, 5.74) is 4.88. The van der Waals surface area contributed by atoms with Gasteiger partial charge in [0.25, 0.3) is 0 Å². The van der Waals surface area contributed by atoms with Crippen LogP contribution >= 0.6 is 0 Å². The molecule has 0 aromatic carbocycles. The molecule has 86 valence electrons. The molecule has 0 unspecified atom stereocenters. The van der Waals surface area contributed by atoms with Crippen LogP contribution in [0.3, 0.4) is 0 Å². The third-order valence-corrected chi connectivity index (χ3v) is 1.74. The maximum atomic E-state index is 11.3. The molecule has 0 spiro atoms. The zero-order valence-electron chi connectivity index (χ0n) is 8.69. The van der Waals surface area contributed by atoms with Crippen molar-refractivity contribution in [1.29, 1.82) is 0 Å². The van der Waals surface area contributed by atoms with E-state index < -0.39 is 23.9 Å². The normalized spacial score (nSPS) is 11.6. The Balaban J connectivity index is 4.21. The topological polar surface area (TPSA) is 113 Å². The Labute approximate surface area is 87.2 Å². The zero-order valence-corrected chi connectivity index (χ0v) is 8.69. The molecule has 7 heteroatoms. The number of nitrogens with two attached hydrogens (primary N) is 1. The molecule has 3 amide bonds. The van der Waals surface area contributed by atoms with Gasteiger partial charge >= 0.3 is 12.0 Å². The summed E-state index contributed by atoms with van der Waals surface area (Å²) < 4.78 is 0. The van der Waals surface area contributed by atoms with Gasteiger partial charge in [-0.3, -0.25) is 4.79 Å². The van der Waals surface area contributed by atoms with Crippen molar-refractivity contribution < 1.29 is 19.5 Å². The van der Waals surface area contributed by atoms with Crippen LogP contribution in [0, 0.1) is 0 Å². The van der Waals surface area contributed by atoms with E-state index in [0.717, 1.165) is 4.90 Å². The van der Waals surface area contributed by atoms with Gasteiger partial charge in [-0.1, -0.05) is 6.92 Å². The average Bonchev–Trinajstić information content (AvgIpc) is 2.11. The maximum Gasteiger partial charge on any atom is 0.326 e. The maximum absolute atomic E-state index is 11.3. The van der Waals surface area contributed by atoms with Crippen LogP contribution in [-0.2, 0) is 9.59 Å². The first kappa shape index (κ1) is 13.2. The molecule has 0 fully saturated rings. The van der Waals surface area contributed by atoms with Gasteiger partial charge in [-0.05, 0) is 6.42 Å². The highest BCUT2D eigenvalue weighted by atomic mass is 16.4. The lowest BCUT2D eigenvalue weighted by Crippen LogP contribution is -2.48. The third-order valence-electron chi connectivity index (χ3n) is 1.74. The van der Waals surface area contributed by atoms with Crippen LogP contribution in [0.4, 0.5) is 4.79 Å². The molecule has 0 aromatic rings. The predicted molar refractivity (Wildman–Crippen MR) is 52.1 cm³/mol. The highest BCUT2D eigenvalue weighted by Gasteiger charge is 2.20. The summed E-state index contributed by atoms with van der Waals surface area (Å²) in [6.07, 6.45) is 0.269. The van der Waals surface area contributed by atoms with Gasteiger partial charge in [-0.15, -0.1) is 0 Å². The lowest BCUT2D eigenvalue weighted by atomic mass is 10.2. The molecule has 0 saturated carbocycles. The summed E-state index contributed by atoms with van der Waals surface area (Å²) in [4.78, 5) is 33.4. The van der Waals surface area contributed by atoms with Crippen LogP contribution in [0.5, 0.6) is 0 Å². The molecule has 0 saturated heterocycles. The fourth-order valence-corrected chi connectivity index (χ4v) is 0.903. The second-order valence-electron chi connectivity index (χ2n) is 3.07. The number of hydrogen-bond acceptors (Lipinski definition) is 3. The molecule has 0 heterocycles. The summed E-state index contributed by atoms with van der Waals surface area (Å²) in [5, 5.41) is 10.9. The van der Waals surface area contributed by atoms with Gasteiger partial charge in [0.1, 0.15) is 12.6 Å². The van der Waals surface area contributed by atoms with Gasteiger partial charge in [0.2, 0.25) is 5.91 Å². The lowest BCUT2D eigenvalue weighted by molar-refractivity contribution is -0.139. The van der Waals surface area contributed by atoms with E-state index in [2.05, 4.69) is 5.32 Å². The van der Waals surface area contributed by atoms with Crippen molar-refractivity contribution in [3.63, 3.8) is 0 Å². The first-order chi connectivity index (χ1) is 6.88. The monoisotopic (exact) mass is 217 g/mol. The summed E-state index contributed by atoms with van der Waals surface area (Å²) >= 11 is 0. The molecule has 0 bridgehead atoms. The highest BCUT2D eigenvalue weighted by Crippen LogP contribution is 1.93. The molecule has 0 aromatic heterocycles. The Morgan fingerprint density at radius 1 is 1.47 bits per heavy atom. The molecular weight excluding hydrogens is 202 g/mol. The second kappa shape index (κ2) is 5.84. The molecule has 0 rings (SSSR count). The number of nitrogens with one attached hydrogen (secondary N) is 1. The molecule has 0 aliphatic heterocycles. The van der Waals surface area contributed by atoms with Crippen molar-refractivity contribution in [2.75, 3.05) is 13.6 Å². The standard InChI is InChI=1S/C8H15N3O4/c1-3-5(7(13)14)10-8(15)11(2)4-6(9)12/h5H,3-4H2,1-2H3,(H2,9,12)(H,10,15)(H,13,14)/t5-/m1/s1. The van der Waals surface area contributed by atoms with Crippen molar-refractivity contribution in [2.24, 2.45) is 5.73 Å². The van der Waals surface area contributed by atoms with Crippen molar-refractivity contribution >= 4 is 17.9 Å². The van der Waals surface area contributed by atoms with Crippen molar-refractivity contribution in [2.45, 2.75) is 19.4 Å². The van der Waals surface area contributed by atoms with Crippen LogP contribution in [-0.4, -0.2) is 47.5 Å². The van der Waals surface area contributed by atoms with E-state index >= 15 is 0 Å². The van der Waals surface area contributed by atoms with Gasteiger partial charge < -0.3 is 21.1 Å². The van der Waals surface area contributed by atoms with E-state index in [1.807, 2.05) is 0 Å². The Morgan fingerprint density at radius 2 is 2.00 bits per heavy atom. The third kappa shape index (κ3) is 4.84. The first-order valence-electron chi connectivity index (χ1n) is 4.41. The number of rotatable bonds is 5. The summed E-state index contributed by atoms with van der Waals surface area (Å²) in [6.45, 7) is 1.38. The number of urea groups is 1. The molecule has 0 aliphatic rings. The largest absolute Gasteiger partial charge is 0.480 e. The van der Waals surface area contributed by atoms with E-state index in [-0.39, 0.29) is 13.0 Å². The molecule has 7 nitrogen and oxygen atoms in total. The van der Waals surface area contributed by atoms with Gasteiger partial charge in [-0.25, -0.2) is 9.59 Å². The Hall–Kier alpha value is -1.79. The van der Waals surface area contributed by atoms with Crippen molar-refractivity contribution in [1.82, 2.24) is 10.2 Å². The number of carbonyl (C=O) groups is 3. The number of amides is 3. The van der Waals surface area contributed by atoms with E-state index in [9.17, 15) is 14.4 Å². The van der Waals surface area contributed by atoms with Crippen LogP contribution in [0.15, 0.2) is 0 Å². The van der Waals surface area contributed by atoms with Crippen LogP contribution in [0.2, 0.25) is 0 Å². The quantitative estimate of drug-likeness (QED) is 0.546. The first-order valence-corrected chi connectivity index (χ1v) is 4.41. The Morgan fingerprint density at radius 3 is 2.33 bits per heavy atom. The lowest BCUT2D eigenvalue weighted by Gasteiger charge is -2.19. The Bertz CT molecular complexity index is 267. The average molecular weight is 217 g/mol. The van der Waals surface area contributed by atoms with Crippen LogP contribution in [0.1, 0.15) is 13.3 Å².